The fraction of sp³-hybridized carbons (Fsp3) is 0.600. The summed E-state index contributed by atoms with van der Waals surface area (Å²) in [5, 5.41) is 3.02. The molecule has 1 unspecified atom stereocenters. The Hall–Kier alpha value is -1.23. The van der Waals surface area contributed by atoms with Crippen LogP contribution < -0.4 is 5.32 Å². The van der Waals surface area contributed by atoms with Crippen LogP contribution in [0.1, 0.15) is 42.7 Å². The summed E-state index contributed by atoms with van der Waals surface area (Å²) in [6, 6.07) is 3.93. The first-order valence-electron chi connectivity index (χ1n) is 6.86. The fourth-order valence-electron chi connectivity index (χ4n) is 1.86. The van der Waals surface area contributed by atoms with E-state index in [1.165, 1.54) is 0 Å². The van der Waals surface area contributed by atoms with Crippen LogP contribution >= 0.6 is 11.8 Å². The maximum Gasteiger partial charge on any atom is 0.254 e. The van der Waals surface area contributed by atoms with Crippen molar-refractivity contribution >= 4 is 23.5 Å². The van der Waals surface area contributed by atoms with E-state index in [9.17, 15) is 4.79 Å². The molecule has 0 bridgehead atoms. The van der Waals surface area contributed by atoms with Gasteiger partial charge < -0.3 is 10.2 Å². The number of carbonyl (C=O) groups excluding carboxylic acids is 1. The first-order valence-corrected chi connectivity index (χ1v) is 8.25. The van der Waals surface area contributed by atoms with E-state index in [0.717, 1.165) is 17.3 Å². The normalized spacial score (nSPS) is 12.3. The summed E-state index contributed by atoms with van der Waals surface area (Å²) < 4.78 is 0. The molecule has 1 aromatic heterocycles. The van der Waals surface area contributed by atoms with E-state index < -0.39 is 0 Å². The second-order valence-corrected chi connectivity index (χ2v) is 6.20. The Labute approximate surface area is 126 Å². The van der Waals surface area contributed by atoms with Crippen LogP contribution in [0.25, 0.3) is 0 Å². The molecule has 0 radical (unpaired) electrons. The summed E-state index contributed by atoms with van der Waals surface area (Å²) in [7, 11) is 3.68. The highest BCUT2D eigenvalue weighted by molar-refractivity contribution is 7.98. The molecule has 0 aliphatic rings. The molecule has 5 heteroatoms. The molecule has 1 heterocycles. The van der Waals surface area contributed by atoms with E-state index in [2.05, 4.69) is 37.3 Å². The molecule has 0 spiro atoms. The van der Waals surface area contributed by atoms with Crippen LogP contribution in [-0.4, -0.2) is 47.9 Å². The van der Waals surface area contributed by atoms with Gasteiger partial charge in [0.25, 0.3) is 5.91 Å². The smallest absolute Gasteiger partial charge is 0.254 e. The van der Waals surface area contributed by atoms with E-state index in [1.54, 1.807) is 16.7 Å². The van der Waals surface area contributed by atoms with E-state index in [1.807, 2.05) is 26.2 Å². The van der Waals surface area contributed by atoms with Gasteiger partial charge in [0.15, 0.2) is 0 Å². The maximum atomic E-state index is 12.6. The Morgan fingerprint density at radius 1 is 1.40 bits per heavy atom. The monoisotopic (exact) mass is 295 g/mol. The number of aromatic nitrogens is 1. The molecule has 20 heavy (non-hydrogen) atoms. The molecule has 0 fully saturated rings. The SMILES string of the molecule is CNc1cc(C(=O)N(C)C(C)CSC)cc(C(C)C)n1. The van der Waals surface area contributed by atoms with Gasteiger partial charge >= 0.3 is 0 Å². The highest BCUT2D eigenvalue weighted by Gasteiger charge is 2.19. The Morgan fingerprint density at radius 3 is 2.55 bits per heavy atom. The number of pyridine rings is 1. The van der Waals surface area contributed by atoms with Crippen molar-refractivity contribution in [3.05, 3.63) is 23.4 Å². The van der Waals surface area contributed by atoms with Crippen molar-refractivity contribution in [1.29, 1.82) is 0 Å². The van der Waals surface area contributed by atoms with Gasteiger partial charge in [-0.2, -0.15) is 11.8 Å². The first kappa shape index (κ1) is 16.8. The highest BCUT2D eigenvalue weighted by atomic mass is 32.2. The van der Waals surface area contributed by atoms with Gasteiger partial charge in [-0.1, -0.05) is 13.8 Å². The Morgan fingerprint density at radius 2 is 2.05 bits per heavy atom. The maximum absolute atomic E-state index is 12.6. The lowest BCUT2D eigenvalue weighted by atomic mass is 10.1. The van der Waals surface area contributed by atoms with Crippen molar-refractivity contribution in [2.45, 2.75) is 32.7 Å². The summed E-state index contributed by atoms with van der Waals surface area (Å²) in [4.78, 5) is 18.9. The van der Waals surface area contributed by atoms with Crippen LogP contribution in [-0.2, 0) is 0 Å². The molecule has 0 saturated carbocycles. The van der Waals surface area contributed by atoms with Gasteiger partial charge in [0.2, 0.25) is 0 Å². The summed E-state index contributed by atoms with van der Waals surface area (Å²) >= 11 is 1.75. The van der Waals surface area contributed by atoms with Crippen molar-refractivity contribution in [2.24, 2.45) is 0 Å². The largest absolute Gasteiger partial charge is 0.373 e. The lowest BCUT2D eigenvalue weighted by Gasteiger charge is -2.25. The van der Waals surface area contributed by atoms with Crippen molar-refractivity contribution < 1.29 is 4.79 Å². The second-order valence-electron chi connectivity index (χ2n) is 5.29. The third-order valence-electron chi connectivity index (χ3n) is 3.33. The standard InChI is InChI=1S/C15H25N3OS/c1-10(2)13-7-12(8-14(16-4)17-13)15(19)18(5)11(3)9-20-6/h7-8,10-11H,9H2,1-6H3,(H,16,17). The van der Waals surface area contributed by atoms with Gasteiger partial charge in [-0.3, -0.25) is 4.79 Å². The van der Waals surface area contributed by atoms with Gasteiger partial charge in [-0.15, -0.1) is 0 Å². The molecule has 1 aromatic rings. The number of carbonyl (C=O) groups is 1. The quantitative estimate of drug-likeness (QED) is 0.876. The number of rotatable bonds is 6. The van der Waals surface area contributed by atoms with Gasteiger partial charge in [-0.25, -0.2) is 4.98 Å². The molecule has 0 aliphatic carbocycles. The molecule has 1 N–H and O–H groups in total. The zero-order valence-electron chi connectivity index (χ0n) is 13.2. The first-order chi connectivity index (χ1) is 9.40. The zero-order chi connectivity index (χ0) is 15.3. The molecular weight excluding hydrogens is 270 g/mol. The van der Waals surface area contributed by atoms with Gasteiger partial charge in [-0.05, 0) is 31.2 Å². The van der Waals surface area contributed by atoms with E-state index in [0.29, 0.717) is 11.5 Å². The predicted molar refractivity (Wildman–Crippen MR) is 87.8 cm³/mol. The van der Waals surface area contributed by atoms with Crippen LogP contribution in [0, 0.1) is 0 Å². The fourth-order valence-corrected chi connectivity index (χ4v) is 2.56. The van der Waals surface area contributed by atoms with Crippen LogP contribution in [0.15, 0.2) is 12.1 Å². The summed E-state index contributed by atoms with van der Waals surface area (Å²) in [5.41, 5.74) is 1.63. The third kappa shape index (κ3) is 4.13. The van der Waals surface area contributed by atoms with Crippen molar-refractivity contribution in [3.63, 3.8) is 0 Å². The number of nitrogens with one attached hydrogen (secondary N) is 1. The topological polar surface area (TPSA) is 45.2 Å². The third-order valence-corrected chi connectivity index (χ3v) is 4.14. The Bertz CT molecular complexity index is 462. The number of amides is 1. The van der Waals surface area contributed by atoms with Gasteiger partial charge in [0, 0.05) is 37.1 Å². The summed E-state index contributed by atoms with van der Waals surface area (Å²) in [5.74, 6) is 2.02. The molecule has 0 aliphatic heterocycles. The lowest BCUT2D eigenvalue weighted by Crippen LogP contribution is -2.36. The molecule has 112 valence electrons. The number of hydrogen-bond donors (Lipinski definition) is 1. The van der Waals surface area contributed by atoms with Crippen LogP contribution in [0.3, 0.4) is 0 Å². The summed E-state index contributed by atoms with van der Waals surface area (Å²) in [6.45, 7) is 6.23. The molecule has 1 amide bonds. The van der Waals surface area contributed by atoms with E-state index in [-0.39, 0.29) is 11.9 Å². The lowest BCUT2D eigenvalue weighted by molar-refractivity contribution is 0.0757. The summed E-state index contributed by atoms with van der Waals surface area (Å²) in [6.07, 6.45) is 2.05. The predicted octanol–water partition coefficient (Wildman–Crippen LogP) is 3.07. The molecule has 1 rings (SSSR count). The average Bonchev–Trinajstić information content (AvgIpc) is 2.45. The molecular formula is C15H25N3OS. The van der Waals surface area contributed by atoms with Crippen LogP contribution in [0.5, 0.6) is 0 Å². The average molecular weight is 295 g/mol. The van der Waals surface area contributed by atoms with E-state index in [4.69, 9.17) is 0 Å². The molecule has 4 nitrogen and oxygen atoms in total. The minimum atomic E-state index is 0.0485. The number of thioether (sulfide) groups is 1. The molecule has 0 aromatic carbocycles. The number of hydrogen-bond acceptors (Lipinski definition) is 4. The minimum Gasteiger partial charge on any atom is -0.373 e. The van der Waals surface area contributed by atoms with Crippen molar-refractivity contribution in [3.8, 4) is 0 Å². The highest BCUT2D eigenvalue weighted by Crippen LogP contribution is 2.19. The minimum absolute atomic E-state index is 0.0485. The number of anilines is 1. The number of nitrogens with zero attached hydrogens (tertiary/aromatic N) is 2. The Kier molecular flexibility index (Phi) is 6.33. The zero-order valence-corrected chi connectivity index (χ0v) is 14.0. The second kappa shape index (κ2) is 7.53. The van der Waals surface area contributed by atoms with Gasteiger partial charge in [0.05, 0.1) is 0 Å². The molecule has 0 saturated heterocycles. The van der Waals surface area contributed by atoms with Gasteiger partial charge in [0.1, 0.15) is 5.82 Å². The van der Waals surface area contributed by atoms with Crippen molar-refractivity contribution in [1.82, 2.24) is 9.88 Å². The van der Waals surface area contributed by atoms with Crippen LogP contribution in [0.4, 0.5) is 5.82 Å². The van der Waals surface area contributed by atoms with Crippen LogP contribution in [0.2, 0.25) is 0 Å². The van der Waals surface area contributed by atoms with Crippen molar-refractivity contribution in [2.75, 3.05) is 31.4 Å². The molecule has 1 atom stereocenters. The van der Waals surface area contributed by atoms with E-state index >= 15 is 0 Å². The Balaban J connectivity index is 3.05.